The maximum absolute atomic E-state index is 8.36. The van der Waals surface area contributed by atoms with Gasteiger partial charge in [-0.15, -0.1) is 0 Å². The Bertz CT molecular complexity index is 28.9. The summed E-state index contributed by atoms with van der Waals surface area (Å²) in [5.41, 5.74) is 0. The second-order valence-corrected chi connectivity index (χ2v) is 1.87. The van der Waals surface area contributed by atoms with Gasteiger partial charge in [-0.25, -0.2) is 0 Å². The maximum atomic E-state index is 8.36. The minimum atomic E-state index is -0.250. The molecule has 3 heteroatoms. The molecular formula is C4H9IO2. The second kappa shape index (κ2) is 16.4. The Labute approximate surface area is 57.1 Å². The summed E-state index contributed by atoms with van der Waals surface area (Å²) in [7, 11) is 0. The van der Waals surface area contributed by atoms with Gasteiger partial charge in [-0.3, -0.25) is 4.79 Å². The van der Waals surface area contributed by atoms with Crippen molar-refractivity contribution in [3.05, 3.63) is 0 Å². The summed E-state index contributed by atoms with van der Waals surface area (Å²) >= 11 is 2.35. The van der Waals surface area contributed by atoms with E-state index < -0.39 is 0 Å². The summed E-state index contributed by atoms with van der Waals surface area (Å²) in [4.78, 5) is 8.36. The molecule has 0 aliphatic carbocycles. The average molecular weight is 216 g/mol. The van der Waals surface area contributed by atoms with Crippen LogP contribution in [0.15, 0.2) is 0 Å². The quantitative estimate of drug-likeness (QED) is 0.410. The van der Waals surface area contributed by atoms with Gasteiger partial charge in [0.2, 0.25) is 0 Å². The number of hydrogen-bond donors (Lipinski definition) is 1. The molecule has 0 atom stereocenters. The van der Waals surface area contributed by atoms with E-state index in [0.29, 0.717) is 0 Å². The van der Waals surface area contributed by atoms with E-state index in [4.69, 9.17) is 9.90 Å². The fraction of sp³-hybridized carbons (Fsp3) is 0.750. The minimum Gasteiger partial charge on any atom is -0.483 e. The average Bonchev–Trinajstić information content (AvgIpc) is 1.69. The Balaban J connectivity index is 0. The Morgan fingerprint density at radius 2 is 2.00 bits per heavy atom. The van der Waals surface area contributed by atoms with Crippen LogP contribution in [0, 0.1) is 0 Å². The number of hydrogen-bond acceptors (Lipinski definition) is 1. The third kappa shape index (κ3) is 76.0. The van der Waals surface area contributed by atoms with Crippen LogP contribution in [-0.2, 0) is 4.79 Å². The van der Waals surface area contributed by atoms with Crippen LogP contribution >= 0.6 is 22.6 Å². The highest BCUT2D eigenvalue weighted by Gasteiger charge is 1.58. The Kier molecular flexibility index (Phi) is 23.9. The SMILES string of the molecule is CCCI.O=CO. The van der Waals surface area contributed by atoms with Crippen LogP contribution in [0.4, 0.5) is 0 Å². The van der Waals surface area contributed by atoms with Gasteiger partial charge >= 0.3 is 0 Å². The molecule has 0 rings (SSSR count). The summed E-state index contributed by atoms with van der Waals surface area (Å²) in [5, 5.41) is 6.89. The van der Waals surface area contributed by atoms with Gasteiger partial charge in [0.25, 0.3) is 6.47 Å². The lowest BCUT2D eigenvalue weighted by Gasteiger charge is -1.66. The van der Waals surface area contributed by atoms with Gasteiger partial charge in [0.15, 0.2) is 0 Å². The first kappa shape index (κ1) is 10.2. The van der Waals surface area contributed by atoms with Crippen molar-refractivity contribution in [2.75, 3.05) is 4.43 Å². The molecule has 44 valence electrons. The van der Waals surface area contributed by atoms with E-state index in [-0.39, 0.29) is 6.47 Å². The Morgan fingerprint density at radius 3 is 2.00 bits per heavy atom. The van der Waals surface area contributed by atoms with Gasteiger partial charge in [0.05, 0.1) is 0 Å². The highest BCUT2D eigenvalue weighted by molar-refractivity contribution is 14.1. The number of carboxylic acid groups (broad SMARTS) is 1. The van der Waals surface area contributed by atoms with Crippen molar-refractivity contribution in [3.63, 3.8) is 0 Å². The predicted molar refractivity (Wildman–Crippen MR) is 37.9 cm³/mol. The van der Waals surface area contributed by atoms with Crippen LogP contribution in [0.1, 0.15) is 13.3 Å². The van der Waals surface area contributed by atoms with Gasteiger partial charge in [-0.05, 0) is 10.8 Å². The van der Waals surface area contributed by atoms with Crippen molar-refractivity contribution in [1.29, 1.82) is 0 Å². The van der Waals surface area contributed by atoms with Gasteiger partial charge in [-0.2, -0.15) is 0 Å². The minimum absolute atomic E-state index is 0.250. The van der Waals surface area contributed by atoms with Crippen molar-refractivity contribution < 1.29 is 9.90 Å². The lowest BCUT2D eigenvalue weighted by atomic mass is 10.6. The molecule has 0 spiro atoms. The van der Waals surface area contributed by atoms with Crippen LogP contribution in [0.25, 0.3) is 0 Å². The third-order valence-electron chi connectivity index (χ3n) is 0.189. The number of alkyl halides is 1. The van der Waals surface area contributed by atoms with Crippen molar-refractivity contribution in [3.8, 4) is 0 Å². The molecule has 0 saturated heterocycles. The van der Waals surface area contributed by atoms with E-state index >= 15 is 0 Å². The van der Waals surface area contributed by atoms with Crippen LogP contribution in [0.3, 0.4) is 0 Å². The number of rotatable bonds is 1. The zero-order chi connectivity index (χ0) is 6.12. The molecule has 0 aromatic heterocycles. The van der Waals surface area contributed by atoms with Crippen LogP contribution in [0.2, 0.25) is 0 Å². The zero-order valence-corrected chi connectivity index (χ0v) is 6.38. The standard InChI is InChI=1S/C3H7I.CH2O2/c1-2-3-4;2-1-3/h2-3H2,1H3;1H,(H,2,3). The maximum Gasteiger partial charge on any atom is 0.290 e. The summed E-state index contributed by atoms with van der Waals surface area (Å²) in [6, 6.07) is 0. The molecule has 2 nitrogen and oxygen atoms in total. The largest absolute Gasteiger partial charge is 0.483 e. The molecule has 7 heavy (non-hydrogen) atoms. The van der Waals surface area contributed by atoms with Gasteiger partial charge in [-0.1, -0.05) is 29.5 Å². The molecule has 0 aliphatic heterocycles. The predicted octanol–water partition coefficient (Wildman–Crippen LogP) is 1.53. The molecule has 0 unspecified atom stereocenters. The van der Waals surface area contributed by atoms with E-state index in [1.54, 1.807) is 0 Å². The second-order valence-electron chi connectivity index (χ2n) is 0.794. The summed E-state index contributed by atoms with van der Waals surface area (Å²) in [6.07, 6.45) is 1.31. The van der Waals surface area contributed by atoms with Crippen molar-refractivity contribution in [2.45, 2.75) is 13.3 Å². The summed E-state index contributed by atoms with van der Waals surface area (Å²) in [6.45, 7) is 1.92. The first-order valence-electron chi connectivity index (χ1n) is 1.97. The van der Waals surface area contributed by atoms with E-state index in [2.05, 4.69) is 29.5 Å². The summed E-state index contributed by atoms with van der Waals surface area (Å²) in [5.74, 6) is 0. The molecule has 0 amide bonds. The first-order chi connectivity index (χ1) is 3.33. The van der Waals surface area contributed by atoms with Crippen LogP contribution < -0.4 is 0 Å². The molecule has 0 fully saturated rings. The van der Waals surface area contributed by atoms with Crippen LogP contribution in [-0.4, -0.2) is 16.0 Å². The first-order valence-corrected chi connectivity index (χ1v) is 3.49. The van der Waals surface area contributed by atoms with E-state index in [1.165, 1.54) is 10.8 Å². The molecule has 0 radical (unpaired) electrons. The van der Waals surface area contributed by atoms with Crippen molar-refractivity contribution >= 4 is 29.1 Å². The molecular weight excluding hydrogens is 207 g/mol. The molecule has 0 aromatic carbocycles. The number of halogens is 1. The van der Waals surface area contributed by atoms with E-state index in [0.717, 1.165) is 0 Å². The molecule has 0 saturated carbocycles. The van der Waals surface area contributed by atoms with Crippen LogP contribution in [0.5, 0.6) is 0 Å². The van der Waals surface area contributed by atoms with Crippen molar-refractivity contribution in [2.24, 2.45) is 0 Å². The van der Waals surface area contributed by atoms with Crippen molar-refractivity contribution in [1.82, 2.24) is 0 Å². The zero-order valence-electron chi connectivity index (χ0n) is 4.22. The van der Waals surface area contributed by atoms with E-state index in [1.807, 2.05) is 0 Å². The molecule has 0 heterocycles. The molecule has 1 N–H and O–H groups in total. The van der Waals surface area contributed by atoms with Gasteiger partial charge in [0, 0.05) is 0 Å². The highest BCUT2D eigenvalue weighted by Crippen LogP contribution is 1.81. The normalized spacial score (nSPS) is 6.00. The third-order valence-corrected chi connectivity index (χ3v) is 1.27. The van der Waals surface area contributed by atoms with E-state index in [9.17, 15) is 0 Å². The molecule has 0 bridgehead atoms. The fourth-order valence-electron chi connectivity index (χ4n) is 0. The monoisotopic (exact) mass is 216 g/mol. The topological polar surface area (TPSA) is 37.3 Å². The Morgan fingerprint density at radius 1 is 1.86 bits per heavy atom. The van der Waals surface area contributed by atoms with Gasteiger partial charge < -0.3 is 5.11 Å². The fourth-order valence-corrected chi connectivity index (χ4v) is 0. The summed E-state index contributed by atoms with van der Waals surface area (Å²) < 4.78 is 1.29. The molecule has 0 aromatic rings. The molecule has 0 aliphatic rings. The lowest BCUT2D eigenvalue weighted by molar-refractivity contribution is -0.122. The smallest absolute Gasteiger partial charge is 0.290 e. The highest BCUT2D eigenvalue weighted by atomic mass is 127. The Hall–Kier alpha value is 0.200. The number of carbonyl (C=O) groups is 1. The van der Waals surface area contributed by atoms with Gasteiger partial charge in [0.1, 0.15) is 0 Å². The lowest BCUT2D eigenvalue weighted by Crippen LogP contribution is -1.54.